The number of thiophene rings is 1. The van der Waals surface area contributed by atoms with Gasteiger partial charge in [-0.05, 0) is 30.0 Å². The van der Waals surface area contributed by atoms with Gasteiger partial charge in [0, 0.05) is 17.9 Å². The first-order valence-electron chi connectivity index (χ1n) is 7.09. The van der Waals surface area contributed by atoms with E-state index >= 15 is 0 Å². The van der Waals surface area contributed by atoms with Crippen LogP contribution in [0.3, 0.4) is 0 Å². The van der Waals surface area contributed by atoms with Crippen LogP contribution in [0.4, 0.5) is 5.69 Å². The number of carbonyl (C=O) groups is 1. The van der Waals surface area contributed by atoms with Crippen LogP contribution < -0.4 is 10.9 Å². The van der Waals surface area contributed by atoms with Gasteiger partial charge in [-0.3, -0.25) is 9.59 Å². The fourth-order valence-corrected chi connectivity index (χ4v) is 3.90. The Morgan fingerprint density at radius 1 is 1.35 bits per heavy atom. The molecule has 0 aliphatic rings. The van der Waals surface area contributed by atoms with Gasteiger partial charge in [-0.1, -0.05) is 30.0 Å². The van der Waals surface area contributed by atoms with Crippen molar-refractivity contribution in [2.75, 3.05) is 11.1 Å². The molecule has 3 rings (SSSR count). The molecule has 5 nitrogen and oxygen atoms in total. The Kier molecular flexibility index (Phi) is 4.78. The summed E-state index contributed by atoms with van der Waals surface area (Å²) in [6.07, 6.45) is 0.352. The minimum atomic E-state index is -0.120. The quantitative estimate of drug-likeness (QED) is 0.549. The van der Waals surface area contributed by atoms with Crippen LogP contribution in [-0.4, -0.2) is 21.6 Å². The predicted molar refractivity (Wildman–Crippen MR) is 95.4 cm³/mol. The van der Waals surface area contributed by atoms with Crippen LogP contribution in [-0.2, 0) is 4.79 Å². The van der Waals surface area contributed by atoms with Gasteiger partial charge in [0.2, 0.25) is 5.91 Å². The van der Waals surface area contributed by atoms with Crippen molar-refractivity contribution in [3.63, 3.8) is 0 Å². The van der Waals surface area contributed by atoms with Crippen LogP contribution in [0.5, 0.6) is 0 Å². The lowest BCUT2D eigenvalue weighted by Gasteiger charge is -2.04. The van der Waals surface area contributed by atoms with E-state index in [0.29, 0.717) is 22.7 Å². The number of nitrogens with one attached hydrogen (secondary N) is 2. The number of aromatic nitrogens is 2. The van der Waals surface area contributed by atoms with Gasteiger partial charge in [0.25, 0.3) is 5.56 Å². The molecule has 0 atom stereocenters. The van der Waals surface area contributed by atoms with E-state index in [2.05, 4.69) is 15.3 Å². The highest BCUT2D eigenvalue weighted by atomic mass is 32.2. The van der Waals surface area contributed by atoms with Crippen molar-refractivity contribution >= 4 is 44.9 Å². The number of para-hydroxylation sites is 1. The summed E-state index contributed by atoms with van der Waals surface area (Å²) in [4.78, 5) is 31.9. The number of rotatable bonds is 5. The summed E-state index contributed by atoms with van der Waals surface area (Å²) >= 11 is 2.84. The molecule has 0 spiro atoms. The van der Waals surface area contributed by atoms with Gasteiger partial charge in [-0.15, -0.1) is 11.3 Å². The SMILES string of the molecule is Cc1csc2nc(SCCC(=O)Nc3ccccc3)[nH]c(=O)c12. The molecule has 0 aliphatic carbocycles. The molecule has 23 heavy (non-hydrogen) atoms. The van der Waals surface area contributed by atoms with Crippen molar-refractivity contribution in [3.8, 4) is 0 Å². The summed E-state index contributed by atoms with van der Waals surface area (Å²) in [6, 6.07) is 9.33. The summed E-state index contributed by atoms with van der Waals surface area (Å²) in [6.45, 7) is 1.90. The zero-order chi connectivity index (χ0) is 16.2. The molecule has 0 fully saturated rings. The van der Waals surface area contributed by atoms with Crippen molar-refractivity contribution < 1.29 is 4.79 Å². The summed E-state index contributed by atoms with van der Waals surface area (Å²) in [7, 11) is 0. The maximum atomic E-state index is 12.0. The minimum absolute atomic E-state index is 0.0564. The average Bonchev–Trinajstić information content (AvgIpc) is 2.90. The number of anilines is 1. The fourth-order valence-electron chi connectivity index (χ4n) is 2.12. The van der Waals surface area contributed by atoms with Crippen LogP contribution >= 0.6 is 23.1 Å². The van der Waals surface area contributed by atoms with Gasteiger partial charge in [0.15, 0.2) is 5.16 Å². The first-order chi connectivity index (χ1) is 11.1. The molecule has 1 aromatic carbocycles. The summed E-state index contributed by atoms with van der Waals surface area (Å²) < 4.78 is 0. The monoisotopic (exact) mass is 345 g/mol. The number of fused-ring (bicyclic) bond motifs is 1. The zero-order valence-corrected chi connectivity index (χ0v) is 14.1. The lowest BCUT2D eigenvalue weighted by Crippen LogP contribution is -2.13. The molecule has 7 heteroatoms. The maximum Gasteiger partial charge on any atom is 0.260 e. The average molecular weight is 345 g/mol. The highest BCUT2D eigenvalue weighted by Gasteiger charge is 2.09. The highest BCUT2D eigenvalue weighted by molar-refractivity contribution is 7.99. The fraction of sp³-hybridized carbons (Fsp3) is 0.188. The third kappa shape index (κ3) is 3.80. The second-order valence-electron chi connectivity index (χ2n) is 4.98. The number of hydrogen-bond donors (Lipinski definition) is 2. The van der Waals surface area contributed by atoms with Gasteiger partial charge in [0.1, 0.15) is 4.83 Å². The van der Waals surface area contributed by atoms with E-state index in [-0.39, 0.29) is 11.5 Å². The number of benzene rings is 1. The Balaban J connectivity index is 1.58. The van der Waals surface area contributed by atoms with Crippen LogP contribution in [0.2, 0.25) is 0 Å². The number of aromatic amines is 1. The van der Waals surface area contributed by atoms with E-state index < -0.39 is 0 Å². The third-order valence-electron chi connectivity index (χ3n) is 3.23. The van der Waals surface area contributed by atoms with E-state index in [9.17, 15) is 9.59 Å². The van der Waals surface area contributed by atoms with Crippen molar-refractivity contribution in [2.45, 2.75) is 18.5 Å². The Morgan fingerprint density at radius 2 is 2.13 bits per heavy atom. The number of H-pyrrole nitrogens is 1. The Hall–Kier alpha value is -2.12. The van der Waals surface area contributed by atoms with Gasteiger partial charge < -0.3 is 10.3 Å². The molecule has 0 unspecified atom stereocenters. The van der Waals surface area contributed by atoms with E-state index in [0.717, 1.165) is 16.1 Å². The topological polar surface area (TPSA) is 74.8 Å². The minimum Gasteiger partial charge on any atom is -0.326 e. The molecular weight excluding hydrogens is 330 g/mol. The van der Waals surface area contributed by atoms with E-state index in [1.165, 1.54) is 23.1 Å². The van der Waals surface area contributed by atoms with Crippen molar-refractivity contribution in [3.05, 3.63) is 51.6 Å². The number of aryl methyl sites for hydroxylation is 1. The molecule has 3 aromatic rings. The van der Waals surface area contributed by atoms with Crippen molar-refractivity contribution in [1.29, 1.82) is 0 Å². The molecule has 0 saturated heterocycles. The van der Waals surface area contributed by atoms with E-state index in [4.69, 9.17) is 0 Å². The predicted octanol–water partition coefficient (Wildman–Crippen LogP) is 3.41. The standard InChI is InChI=1S/C16H15N3O2S2/c1-10-9-23-15-13(10)14(21)18-16(19-15)22-8-7-12(20)17-11-5-3-2-4-6-11/h2-6,9H,7-8H2,1H3,(H,17,20)(H,18,19,21). The van der Waals surface area contributed by atoms with Crippen molar-refractivity contribution in [1.82, 2.24) is 9.97 Å². The van der Waals surface area contributed by atoms with Gasteiger partial charge in [-0.25, -0.2) is 4.98 Å². The number of nitrogens with zero attached hydrogens (tertiary/aromatic N) is 1. The second-order valence-corrected chi connectivity index (χ2v) is 6.92. The van der Waals surface area contributed by atoms with Gasteiger partial charge in [-0.2, -0.15) is 0 Å². The molecule has 2 aromatic heterocycles. The van der Waals surface area contributed by atoms with E-state index in [1.807, 2.05) is 42.6 Å². The lowest BCUT2D eigenvalue weighted by atomic mass is 10.3. The molecule has 0 aliphatic heterocycles. The number of thioether (sulfide) groups is 1. The van der Waals surface area contributed by atoms with E-state index in [1.54, 1.807) is 0 Å². The third-order valence-corrected chi connectivity index (χ3v) is 5.10. The molecule has 2 N–H and O–H groups in total. The normalized spacial score (nSPS) is 10.8. The first-order valence-corrected chi connectivity index (χ1v) is 8.96. The van der Waals surface area contributed by atoms with Crippen LogP contribution in [0, 0.1) is 6.92 Å². The Morgan fingerprint density at radius 3 is 2.91 bits per heavy atom. The molecule has 0 radical (unpaired) electrons. The summed E-state index contributed by atoms with van der Waals surface area (Å²) in [5.74, 6) is 0.497. The molecule has 2 heterocycles. The Bertz CT molecular complexity index is 887. The molecular formula is C16H15N3O2S2. The lowest BCUT2D eigenvalue weighted by molar-refractivity contribution is -0.115. The van der Waals surface area contributed by atoms with Gasteiger partial charge >= 0.3 is 0 Å². The molecule has 1 amide bonds. The van der Waals surface area contributed by atoms with Crippen LogP contribution in [0.25, 0.3) is 10.2 Å². The number of hydrogen-bond acceptors (Lipinski definition) is 5. The zero-order valence-electron chi connectivity index (χ0n) is 12.5. The number of carbonyl (C=O) groups excluding carboxylic acids is 1. The Labute approximate surface area is 141 Å². The molecule has 0 saturated carbocycles. The maximum absolute atomic E-state index is 12.0. The number of amides is 1. The summed E-state index contributed by atoms with van der Waals surface area (Å²) in [5.41, 5.74) is 1.60. The highest BCUT2D eigenvalue weighted by Crippen LogP contribution is 2.22. The molecule has 118 valence electrons. The smallest absolute Gasteiger partial charge is 0.260 e. The largest absolute Gasteiger partial charge is 0.326 e. The van der Waals surface area contributed by atoms with Crippen molar-refractivity contribution in [2.24, 2.45) is 0 Å². The second kappa shape index (κ2) is 6.97. The first kappa shape index (κ1) is 15.8. The molecule has 0 bridgehead atoms. The van der Waals surface area contributed by atoms with Crippen LogP contribution in [0.15, 0.2) is 45.7 Å². The van der Waals surface area contributed by atoms with Gasteiger partial charge in [0.05, 0.1) is 5.39 Å². The summed E-state index contributed by atoms with van der Waals surface area (Å²) in [5, 5.41) is 5.96. The van der Waals surface area contributed by atoms with Crippen LogP contribution in [0.1, 0.15) is 12.0 Å².